The molecule has 0 aliphatic carbocycles. The highest BCUT2D eigenvalue weighted by Gasteiger charge is 1.99. The first-order chi connectivity index (χ1) is 7.20. The van der Waals surface area contributed by atoms with Gasteiger partial charge in [0.15, 0.2) is 0 Å². The van der Waals surface area contributed by atoms with Crippen LogP contribution in [0.15, 0.2) is 6.33 Å². The van der Waals surface area contributed by atoms with Gasteiger partial charge >= 0.3 is 0 Å². The van der Waals surface area contributed by atoms with Crippen molar-refractivity contribution in [2.24, 2.45) is 13.0 Å². The van der Waals surface area contributed by atoms with E-state index in [0.29, 0.717) is 5.92 Å². The van der Waals surface area contributed by atoms with Crippen molar-refractivity contribution in [3.05, 3.63) is 12.2 Å². The van der Waals surface area contributed by atoms with Crippen LogP contribution in [0.2, 0.25) is 0 Å². The van der Waals surface area contributed by atoms with Gasteiger partial charge in [-0.05, 0) is 5.92 Å². The van der Waals surface area contributed by atoms with Gasteiger partial charge in [-0.2, -0.15) is 0 Å². The van der Waals surface area contributed by atoms with Crippen LogP contribution in [0.5, 0.6) is 0 Å². The van der Waals surface area contributed by atoms with Gasteiger partial charge in [0.1, 0.15) is 12.2 Å². The molecule has 1 heterocycles. The van der Waals surface area contributed by atoms with Gasteiger partial charge in [0.2, 0.25) is 0 Å². The van der Waals surface area contributed by atoms with Crippen LogP contribution in [0.4, 0.5) is 0 Å². The molecule has 0 aromatic carbocycles. The Bertz CT molecular complexity index is 272. The standard InChI is InChI=1S/C10H20N4O/c1-9(2)7-15-5-4-11-6-10-13-12-8-14(10)3/h8-9,11H,4-7H2,1-3H3. The Hall–Kier alpha value is -0.940. The van der Waals surface area contributed by atoms with E-state index in [4.69, 9.17) is 4.74 Å². The summed E-state index contributed by atoms with van der Waals surface area (Å²) in [5.41, 5.74) is 0. The Balaban J connectivity index is 2.00. The number of aromatic nitrogens is 3. The van der Waals surface area contributed by atoms with Gasteiger partial charge in [-0.1, -0.05) is 13.8 Å². The van der Waals surface area contributed by atoms with Crippen LogP contribution in [-0.4, -0.2) is 34.5 Å². The zero-order valence-corrected chi connectivity index (χ0v) is 9.73. The van der Waals surface area contributed by atoms with E-state index >= 15 is 0 Å². The Morgan fingerprint density at radius 1 is 1.53 bits per heavy atom. The fraction of sp³-hybridized carbons (Fsp3) is 0.800. The van der Waals surface area contributed by atoms with E-state index in [9.17, 15) is 0 Å². The third-order valence-corrected chi connectivity index (χ3v) is 1.96. The lowest BCUT2D eigenvalue weighted by molar-refractivity contribution is 0.111. The molecule has 0 bridgehead atoms. The van der Waals surface area contributed by atoms with Crippen molar-refractivity contribution in [1.82, 2.24) is 20.1 Å². The normalized spacial score (nSPS) is 11.2. The number of rotatable bonds is 7. The van der Waals surface area contributed by atoms with Crippen molar-refractivity contribution in [3.63, 3.8) is 0 Å². The van der Waals surface area contributed by atoms with E-state index in [2.05, 4.69) is 29.4 Å². The maximum absolute atomic E-state index is 5.44. The Morgan fingerprint density at radius 3 is 2.93 bits per heavy atom. The van der Waals surface area contributed by atoms with Gasteiger partial charge in [-0.3, -0.25) is 0 Å². The predicted molar refractivity (Wildman–Crippen MR) is 58.4 cm³/mol. The smallest absolute Gasteiger partial charge is 0.146 e. The molecule has 0 spiro atoms. The maximum Gasteiger partial charge on any atom is 0.146 e. The van der Waals surface area contributed by atoms with Crippen molar-refractivity contribution in [3.8, 4) is 0 Å². The molecule has 0 aliphatic heterocycles. The SMILES string of the molecule is CC(C)COCCNCc1nncn1C. The van der Waals surface area contributed by atoms with Gasteiger partial charge in [0.05, 0.1) is 13.2 Å². The number of hydrogen-bond donors (Lipinski definition) is 1. The molecule has 5 nitrogen and oxygen atoms in total. The first-order valence-corrected chi connectivity index (χ1v) is 5.31. The Morgan fingerprint density at radius 2 is 2.33 bits per heavy atom. The van der Waals surface area contributed by atoms with Crippen molar-refractivity contribution in [1.29, 1.82) is 0 Å². The summed E-state index contributed by atoms with van der Waals surface area (Å²) in [4.78, 5) is 0. The maximum atomic E-state index is 5.44. The van der Waals surface area contributed by atoms with E-state index < -0.39 is 0 Å². The molecule has 0 saturated carbocycles. The molecule has 15 heavy (non-hydrogen) atoms. The largest absolute Gasteiger partial charge is 0.380 e. The Kier molecular flexibility index (Phi) is 5.28. The van der Waals surface area contributed by atoms with E-state index in [-0.39, 0.29) is 0 Å². The van der Waals surface area contributed by atoms with Crippen LogP contribution in [-0.2, 0) is 18.3 Å². The number of ether oxygens (including phenoxy) is 1. The summed E-state index contributed by atoms with van der Waals surface area (Å²) in [6.07, 6.45) is 1.70. The van der Waals surface area contributed by atoms with Crippen LogP contribution in [0.1, 0.15) is 19.7 Å². The molecule has 0 aliphatic rings. The molecule has 0 radical (unpaired) electrons. The second kappa shape index (κ2) is 6.53. The summed E-state index contributed by atoms with van der Waals surface area (Å²) >= 11 is 0. The van der Waals surface area contributed by atoms with Crippen LogP contribution < -0.4 is 5.32 Å². The molecule has 86 valence electrons. The van der Waals surface area contributed by atoms with Crippen molar-refractivity contribution in [2.75, 3.05) is 19.8 Å². The summed E-state index contributed by atoms with van der Waals surface area (Å²) in [5.74, 6) is 1.54. The summed E-state index contributed by atoms with van der Waals surface area (Å²) in [5, 5.41) is 11.0. The van der Waals surface area contributed by atoms with Gasteiger partial charge < -0.3 is 14.6 Å². The predicted octanol–water partition coefficient (Wildman–Crippen LogP) is 0.577. The van der Waals surface area contributed by atoms with Gasteiger partial charge in [-0.25, -0.2) is 0 Å². The second-order valence-electron chi connectivity index (χ2n) is 4.00. The third-order valence-electron chi connectivity index (χ3n) is 1.96. The zero-order valence-electron chi connectivity index (χ0n) is 9.73. The van der Waals surface area contributed by atoms with Crippen molar-refractivity contribution in [2.45, 2.75) is 20.4 Å². The molecule has 1 aromatic rings. The highest BCUT2D eigenvalue weighted by Crippen LogP contribution is 1.92. The topological polar surface area (TPSA) is 52.0 Å². The van der Waals surface area contributed by atoms with Gasteiger partial charge in [0.25, 0.3) is 0 Å². The molecule has 0 amide bonds. The Labute approximate surface area is 90.8 Å². The first-order valence-electron chi connectivity index (χ1n) is 5.31. The van der Waals surface area contributed by atoms with Crippen LogP contribution in [0.25, 0.3) is 0 Å². The van der Waals surface area contributed by atoms with E-state index in [1.807, 2.05) is 11.6 Å². The molecule has 1 aromatic heterocycles. The summed E-state index contributed by atoms with van der Waals surface area (Å²) < 4.78 is 7.34. The number of nitrogens with one attached hydrogen (secondary N) is 1. The highest BCUT2D eigenvalue weighted by molar-refractivity contribution is 4.82. The fourth-order valence-corrected chi connectivity index (χ4v) is 1.13. The molecule has 0 atom stereocenters. The molecule has 0 fully saturated rings. The lowest BCUT2D eigenvalue weighted by Crippen LogP contribution is -2.21. The molecule has 1 N–H and O–H groups in total. The number of nitrogens with zero attached hydrogens (tertiary/aromatic N) is 3. The lowest BCUT2D eigenvalue weighted by Gasteiger charge is -2.07. The van der Waals surface area contributed by atoms with Gasteiger partial charge in [-0.15, -0.1) is 10.2 Å². The average molecular weight is 212 g/mol. The molecular formula is C10H20N4O. The number of aryl methyl sites for hydroxylation is 1. The van der Waals surface area contributed by atoms with E-state index in [1.165, 1.54) is 0 Å². The monoisotopic (exact) mass is 212 g/mol. The first kappa shape index (κ1) is 12.1. The quantitative estimate of drug-likeness (QED) is 0.672. The minimum atomic E-state index is 0.601. The van der Waals surface area contributed by atoms with Crippen LogP contribution >= 0.6 is 0 Å². The van der Waals surface area contributed by atoms with E-state index in [0.717, 1.165) is 32.1 Å². The third kappa shape index (κ3) is 4.90. The molecule has 0 unspecified atom stereocenters. The number of hydrogen-bond acceptors (Lipinski definition) is 4. The second-order valence-corrected chi connectivity index (χ2v) is 4.00. The van der Waals surface area contributed by atoms with Gasteiger partial charge in [0, 0.05) is 20.2 Å². The summed E-state index contributed by atoms with van der Waals surface area (Å²) in [6, 6.07) is 0. The molecule has 1 rings (SSSR count). The fourth-order valence-electron chi connectivity index (χ4n) is 1.13. The zero-order chi connectivity index (χ0) is 11.1. The van der Waals surface area contributed by atoms with Crippen LogP contribution in [0, 0.1) is 5.92 Å². The van der Waals surface area contributed by atoms with Crippen LogP contribution in [0.3, 0.4) is 0 Å². The minimum Gasteiger partial charge on any atom is -0.380 e. The molecule has 5 heteroatoms. The summed E-state index contributed by atoms with van der Waals surface area (Å²) in [6.45, 7) is 7.45. The van der Waals surface area contributed by atoms with Crippen molar-refractivity contribution >= 4 is 0 Å². The molecule has 0 saturated heterocycles. The lowest BCUT2D eigenvalue weighted by atomic mass is 10.2. The van der Waals surface area contributed by atoms with E-state index in [1.54, 1.807) is 6.33 Å². The minimum absolute atomic E-state index is 0.601. The summed E-state index contributed by atoms with van der Waals surface area (Å²) in [7, 11) is 1.94. The average Bonchev–Trinajstić information content (AvgIpc) is 2.57. The molecular weight excluding hydrogens is 192 g/mol. The van der Waals surface area contributed by atoms with Crippen molar-refractivity contribution < 1.29 is 4.74 Å². The highest BCUT2D eigenvalue weighted by atomic mass is 16.5.